The lowest BCUT2D eigenvalue weighted by molar-refractivity contribution is -0.198. The first-order chi connectivity index (χ1) is 12.7. The van der Waals surface area contributed by atoms with Crippen molar-refractivity contribution in [2.75, 3.05) is 20.3 Å². The van der Waals surface area contributed by atoms with Crippen LogP contribution in [-0.2, 0) is 19.0 Å². The molecule has 4 aliphatic rings. The second-order valence-corrected chi connectivity index (χ2v) is 9.75. The van der Waals surface area contributed by atoms with Crippen LogP contribution in [0.15, 0.2) is 11.6 Å². The molecule has 2 N–H and O–H groups in total. The third-order valence-electron chi connectivity index (χ3n) is 7.89. The van der Waals surface area contributed by atoms with Gasteiger partial charge in [-0.05, 0) is 41.9 Å². The van der Waals surface area contributed by atoms with Crippen LogP contribution in [0.1, 0.15) is 46.5 Å². The molecule has 0 amide bonds. The Kier molecular flexibility index (Phi) is 4.50. The van der Waals surface area contributed by atoms with Gasteiger partial charge in [-0.3, -0.25) is 0 Å². The van der Waals surface area contributed by atoms with Gasteiger partial charge in [-0.15, -0.1) is 0 Å². The summed E-state index contributed by atoms with van der Waals surface area (Å²) in [6, 6.07) is 0. The lowest BCUT2D eigenvalue weighted by atomic mass is 9.44. The zero-order chi connectivity index (χ0) is 19.6. The van der Waals surface area contributed by atoms with Crippen LogP contribution in [0.3, 0.4) is 0 Å². The first-order valence-electron chi connectivity index (χ1n) is 10.1. The fourth-order valence-corrected chi connectivity index (χ4v) is 6.41. The number of esters is 1. The quantitative estimate of drug-likeness (QED) is 0.439. The van der Waals surface area contributed by atoms with E-state index in [1.165, 1.54) is 7.11 Å². The molecule has 1 spiro atoms. The second kappa shape index (κ2) is 6.28. The molecule has 4 rings (SSSR count). The molecule has 7 atom stereocenters. The van der Waals surface area contributed by atoms with Gasteiger partial charge < -0.3 is 24.4 Å². The summed E-state index contributed by atoms with van der Waals surface area (Å²) >= 11 is 0. The molecule has 0 radical (unpaired) electrons. The summed E-state index contributed by atoms with van der Waals surface area (Å²) in [4.78, 5) is 12.1. The third-order valence-corrected chi connectivity index (χ3v) is 7.89. The van der Waals surface area contributed by atoms with Crippen LogP contribution in [-0.4, -0.2) is 60.4 Å². The lowest BCUT2D eigenvalue weighted by Crippen LogP contribution is -2.63. The van der Waals surface area contributed by atoms with Gasteiger partial charge in [-0.25, -0.2) is 4.79 Å². The Balaban J connectivity index is 1.67. The lowest BCUT2D eigenvalue weighted by Gasteiger charge is -2.61. The third kappa shape index (κ3) is 2.96. The number of rotatable bonds is 4. The van der Waals surface area contributed by atoms with Gasteiger partial charge >= 0.3 is 5.97 Å². The molecule has 0 bridgehead atoms. The van der Waals surface area contributed by atoms with Gasteiger partial charge in [0.25, 0.3) is 0 Å². The number of methoxy groups -OCH3 is 1. The van der Waals surface area contributed by atoms with Crippen molar-refractivity contribution in [1.82, 2.24) is 0 Å². The summed E-state index contributed by atoms with van der Waals surface area (Å²) < 4.78 is 16.2. The van der Waals surface area contributed by atoms with E-state index in [1.807, 2.05) is 6.08 Å². The summed E-state index contributed by atoms with van der Waals surface area (Å²) in [5, 5.41) is 21.6. The van der Waals surface area contributed by atoms with Gasteiger partial charge in [-0.2, -0.15) is 0 Å². The van der Waals surface area contributed by atoms with Crippen LogP contribution in [0.25, 0.3) is 0 Å². The van der Waals surface area contributed by atoms with Crippen molar-refractivity contribution in [1.29, 1.82) is 0 Å². The molecule has 6 nitrogen and oxygen atoms in total. The molecule has 4 fully saturated rings. The predicted molar refractivity (Wildman–Crippen MR) is 97.9 cm³/mol. The van der Waals surface area contributed by atoms with Crippen molar-refractivity contribution in [3.63, 3.8) is 0 Å². The number of aliphatic hydroxyl groups excluding tert-OH is 2. The van der Waals surface area contributed by atoms with Crippen LogP contribution in [0, 0.1) is 22.7 Å². The maximum Gasteiger partial charge on any atom is 0.336 e. The Morgan fingerprint density at radius 3 is 2.52 bits per heavy atom. The van der Waals surface area contributed by atoms with E-state index in [0.717, 1.165) is 12.8 Å². The molecule has 2 aliphatic heterocycles. The summed E-state index contributed by atoms with van der Waals surface area (Å²) in [7, 11) is 1.39. The first kappa shape index (κ1) is 19.4. The topological polar surface area (TPSA) is 91.8 Å². The molecule has 2 saturated carbocycles. The summed E-state index contributed by atoms with van der Waals surface area (Å²) in [6.45, 7) is 7.59. The number of hydrogen-bond donors (Lipinski definition) is 2. The highest BCUT2D eigenvalue weighted by Crippen LogP contribution is 2.66. The number of allylic oxidation sites excluding steroid dienone is 1. The SMILES string of the molecule is COC(=O)/C(=C/C[C@H]1[C@]2(CO2)C[C@H](O)[C@@H]2C(C)(C)[C@@H](O)CC[C@@]21C)[C@@H]1CO1. The average molecular weight is 380 g/mol. The van der Waals surface area contributed by atoms with E-state index in [0.29, 0.717) is 31.6 Å². The average Bonchev–Trinajstić information content (AvgIpc) is 3.50. The zero-order valence-electron chi connectivity index (χ0n) is 16.7. The Morgan fingerprint density at radius 2 is 1.96 bits per heavy atom. The fourth-order valence-electron chi connectivity index (χ4n) is 6.41. The molecule has 152 valence electrons. The van der Waals surface area contributed by atoms with E-state index < -0.39 is 12.2 Å². The largest absolute Gasteiger partial charge is 0.466 e. The second-order valence-electron chi connectivity index (χ2n) is 9.75. The minimum Gasteiger partial charge on any atom is -0.466 e. The predicted octanol–water partition coefficient (Wildman–Crippen LogP) is 1.83. The first-order valence-corrected chi connectivity index (χ1v) is 10.1. The fraction of sp³-hybridized carbons (Fsp3) is 0.857. The van der Waals surface area contributed by atoms with E-state index in [-0.39, 0.29) is 40.3 Å². The van der Waals surface area contributed by atoms with E-state index in [9.17, 15) is 15.0 Å². The van der Waals surface area contributed by atoms with Gasteiger partial charge in [0.2, 0.25) is 0 Å². The van der Waals surface area contributed by atoms with Crippen LogP contribution in [0.5, 0.6) is 0 Å². The monoisotopic (exact) mass is 380 g/mol. The van der Waals surface area contributed by atoms with Gasteiger partial charge in [0.15, 0.2) is 0 Å². The Hall–Kier alpha value is -0.950. The van der Waals surface area contributed by atoms with Crippen molar-refractivity contribution in [3.05, 3.63) is 11.6 Å². The molecule has 2 aliphatic carbocycles. The standard InChI is InChI=1S/C21H32O6/c1-19(2)16(23)7-8-20(3)15(21(11-27-21)9-13(22)17(19)20)6-5-12(14-10-26-14)18(24)25-4/h5,13-17,22-23H,6-11H2,1-4H3/b12-5+/t13-,14-,15+,16-,17+,20+,21+/m0/s1. The normalized spacial score (nSPS) is 48.1. The van der Waals surface area contributed by atoms with Gasteiger partial charge in [0, 0.05) is 6.42 Å². The summed E-state index contributed by atoms with van der Waals surface area (Å²) in [6.07, 6.45) is 3.75. The molecule has 0 aromatic heterocycles. The molecular formula is C21H32O6. The number of carbonyl (C=O) groups is 1. The van der Waals surface area contributed by atoms with Crippen molar-refractivity contribution in [2.45, 2.75) is 70.4 Å². The van der Waals surface area contributed by atoms with E-state index in [1.54, 1.807) is 0 Å². The molecule has 0 unspecified atom stereocenters. The highest BCUT2D eigenvalue weighted by Gasteiger charge is 2.68. The highest BCUT2D eigenvalue weighted by molar-refractivity contribution is 5.90. The molecule has 27 heavy (non-hydrogen) atoms. The van der Waals surface area contributed by atoms with Gasteiger partial charge in [0.05, 0.1) is 43.7 Å². The smallest absolute Gasteiger partial charge is 0.336 e. The van der Waals surface area contributed by atoms with Crippen LogP contribution in [0.2, 0.25) is 0 Å². The number of fused-ring (bicyclic) bond motifs is 1. The maximum absolute atomic E-state index is 12.1. The zero-order valence-corrected chi connectivity index (χ0v) is 16.7. The molecule has 2 heterocycles. The van der Waals surface area contributed by atoms with Crippen LogP contribution in [0.4, 0.5) is 0 Å². The molecule has 2 saturated heterocycles. The number of ether oxygens (including phenoxy) is 3. The van der Waals surface area contributed by atoms with Crippen molar-refractivity contribution in [2.24, 2.45) is 22.7 Å². The van der Waals surface area contributed by atoms with Crippen LogP contribution < -0.4 is 0 Å². The van der Waals surface area contributed by atoms with E-state index in [2.05, 4.69) is 20.8 Å². The summed E-state index contributed by atoms with van der Waals surface area (Å²) in [5.74, 6) is -0.162. The Morgan fingerprint density at radius 1 is 1.30 bits per heavy atom. The number of hydrogen-bond acceptors (Lipinski definition) is 6. The molecule has 0 aromatic rings. The number of carbonyl (C=O) groups excluding carboxylic acids is 1. The molecular weight excluding hydrogens is 348 g/mol. The van der Waals surface area contributed by atoms with Gasteiger partial charge in [-0.1, -0.05) is 26.8 Å². The van der Waals surface area contributed by atoms with Crippen molar-refractivity contribution in [3.8, 4) is 0 Å². The Labute approximate surface area is 160 Å². The maximum atomic E-state index is 12.1. The summed E-state index contributed by atoms with van der Waals surface area (Å²) in [5.41, 5.74) is -0.255. The minimum atomic E-state index is -0.491. The molecule has 6 heteroatoms. The highest BCUT2D eigenvalue weighted by atomic mass is 16.6. The number of epoxide rings is 2. The molecule has 0 aromatic carbocycles. The van der Waals surface area contributed by atoms with Crippen LogP contribution >= 0.6 is 0 Å². The van der Waals surface area contributed by atoms with E-state index >= 15 is 0 Å². The minimum absolute atomic E-state index is 0.0132. The number of aliphatic hydroxyl groups is 2. The van der Waals surface area contributed by atoms with Crippen molar-refractivity contribution >= 4 is 5.97 Å². The van der Waals surface area contributed by atoms with Crippen molar-refractivity contribution < 1.29 is 29.2 Å². The van der Waals surface area contributed by atoms with E-state index in [4.69, 9.17) is 14.2 Å². The Bertz CT molecular complexity index is 647. The van der Waals surface area contributed by atoms with Gasteiger partial charge in [0.1, 0.15) is 6.10 Å².